The summed E-state index contributed by atoms with van der Waals surface area (Å²) in [7, 11) is 0. The molecular weight excluding hydrogens is 280 g/mol. The quantitative estimate of drug-likeness (QED) is 0.676. The summed E-state index contributed by atoms with van der Waals surface area (Å²) in [5.74, 6) is 0. The molecule has 4 rings (SSSR count). The lowest BCUT2D eigenvalue weighted by atomic mass is 9.97. The Bertz CT molecular complexity index is 823. The zero-order valence-corrected chi connectivity index (χ0v) is 12.8. The van der Waals surface area contributed by atoms with E-state index in [2.05, 4.69) is 78.1 Å². The van der Waals surface area contributed by atoms with Gasteiger partial charge in [0, 0.05) is 6.42 Å². The van der Waals surface area contributed by atoms with Gasteiger partial charge in [-0.25, -0.2) is 0 Å². The summed E-state index contributed by atoms with van der Waals surface area (Å²) in [4.78, 5) is 4.94. The zero-order chi connectivity index (χ0) is 15.5. The summed E-state index contributed by atoms with van der Waals surface area (Å²) >= 11 is 0. The molecule has 0 bridgehead atoms. The lowest BCUT2D eigenvalue weighted by Crippen LogP contribution is -2.14. The van der Waals surface area contributed by atoms with E-state index in [4.69, 9.17) is 4.99 Å². The number of nitrogens with zero attached hydrogens (tertiary/aromatic N) is 1. The summed E-state index contributed by atoms with van der Waals surface area (Å²) in [6.45, 7) is 0. The SMILES string of the molecule is c1ccc(C2=Nc3ccccc3N[C@H](c3ccccc3)C2)cc1. The molecule has 1 aliphatic rings. The lowest BCUT2D eigenvalue weighted by molar-refractivity contribution is 0.828. The van der Waals surface area contributed by atoms with E-state index >= 15 is 0 Å². The minimum Gasteiger partial charge on any atom is -0.376 e. The van der Waals surface area contributed by atoms with Crippen LogP contribution in [-0.4, -0.2) is 5.71 Å². The minimum absolute atomic E-state index is 0.221. The van der Waals surface area contributed by atoms with Crippen LogP contribution >= 0.6 is 0 Å². The van der Waals surface area contributed by atoms with Crippen molar-refractivity contribution in [2.75, 3.05) is 5.32 Å². The van der Waals surface area contributed by atoms with Crippen LogP contribution in [0.3, 0.4) is 0 Å². The zero-order valence-electron chi connectivity index (χ0n) is 12.8. The van der Waals surface area contributed by atoms with Crippen molar-refractivity contribution in [1.29, 1.82) is 0 Å². The number of rotatable bonds is 2. The number of anilines is 1. The molecule has 0 radical (unpaired) electrons. The average molecular weight is 298 g/mol. The Labute approximate surface area is 136 Å². The molecule has 1 heterocycles. The fraction of sp³-hybridized carbons (Fsp3) is 0.0952. The van der Waals surface area contributed by atoms with Gasteiger partial charge in [0.25, 0.3) is 0 Å². The second-order valence-corrected chi connectivity index (χ2v) is 5.75. The second-order valence-electron chi connectivity index (χ2n) is 5.75. The lowest BCUT2D eigenvalue weighted by Gasteiger charge is -2.19. The largest absolute Gasteiger partial charge is 0.376 e. The van der Waals surface area contributed by atoms with Crippen molar-refractivity contribution >= 4 is 17.1 Å². The number of aliphatic imine (C=N–C) groups is 1. The van der Waals surface area contributed by atoms with Crippen LogP contribution in [-0.2, 0) is 0 Å². The molecule has 0 aromatic heterocycles. The van der Waals surface area contributed by atoms with E-state index in [1.54, 1.807) is 0 Å². The van der Waals surface area contributed by atoms with E-state index in [0.29, 0.717) is 0 Å². The number of benzene rings is 3. The van der Waals surface area contributed by atoms with E-state index in [-0.39, 0.29) is 6.04 Å². The predicted molar refractivity (Wildman–Crippen MR) is 96.5 cm³/mol. The van der Waals surface area contributed by atoms with Gasteiger partial charge >= 0.3 is 0 Å². The molecule has 0 saturated heterocycles. The van der Waals surface area contributed by atoms with Gasteiger partial charge in [-0.05, 0) is 23.3 Å². The van der Waals surface area contributed by atoms with Crippen LogP contribution in [0.4, 0.5) is 11.4 Å². The highest BCUT2D eigenvalue weighted by Gasteiger charge is 2.20. The Morgan fingerprint density at radius 3 is 2.17 bits per heavy atom. The van der Waals surface area contributed by atoms with Gasteiger partial charge in [-0.2, -0.15) is 0 Å². The predicted octanol–water partition coefficient (Wildman–Crippen LogP) is 5.36. The van der Waals surface area contributed by atoms with Crippen LogP contribution in [0.5, 0.6) is 0 Å². The Hall–Kier alpha value is -2.87. The Balaban J connectivity index is 1.81. The molecule has 2 nitrogen and oxygen atoms in total. The number of hydrogen-bond donors (Lipinski definition) is 1. The fourth-order valence-electron chi connectivity index (χ4n) is 3.02. The van der Waals surface area contributed by atoms with Crippen LogP contribution in [0.25, 0.3) is 0 Å². The topological polar surface area (TPSA) is 24.4 Å². The van der Waals surface area contributed by atoms with E-state index in [1.165, 1.54) is 11.1 Å². The Morgan fingerprint density at radius 1 is 0.739 bits per heavy atom. The third-order valence-electron chi connectivity index (χ3n) is 4.20. The molecule has 0 saturated carbocycles. The third-order valence-corrected chi connectivity index (χ3v) is 4.20. The molecular formula is C21H18N2. The summed E-state index contributed by atoms with van der Waals surface area (Å²) in [6, 6.07) is 29.5. The summed E-state index contributed by atoms with van der Waals surface area (Å²) in [6.07, 6.45) is 0.864. The highest BCUT2D eigenvalue weighted by molar-refractivity contribution is 6.04. The van der Waals surface area contributed by atoms with E-state index in [1.807, 2.05) is 12.1 Å². The molecule has 112 valence electrons. The maximum absolute atomic E-state index is 4.94. The number of fused-ring (bicyclic) bond motifs is 1. The number of hydrogen-bond acceptors (Lipinski definition) is 2. The van der Waals surface area contributed by atoms with Gasteiger partial charge in [0.2, 0.25) is 0 Å². The number of para-hydroxylation sites is 2. The first-order chi connectivity index (χ1) is 11.4. The molecule has 3 aromatic carbocycles. The smallest absolute Gasteiger partial charge is 0.0864 e. The van der Waals surface area contributed by atoms with Crippen LogP contribution in [0.1, 0.15) is 23.6 Å². The highest BCUT2D eigenvalue weighted by Crippen LogP contribution is 2.35. The Kier molecular flexibility index (Phi) is 3.65. The van der Waals surface area contributed by atoms with Crippen LogP contribution in [0.15, 0.2) is 89.9 Å². The minimum atomic E-state index is 0.221. The first-order valence-corrected chi connectivity index (χ1v) is 7.94. The Morgan fingerprint density at radius 2 is 1.39 bits per heavy atom. The van der Waals surface area contributed by atoms with Gasteiger partial charge in [-0.15, -0.1) is 0 Å². The first kappa shape index (κ1) is 13.8. The molecule has 0 amide bonds. The van der Waals surface area contributed by atoms with Crippen LogP contribution < -0.4 is 5.32 Å². The van der Waals surface area contributed by atoms with Gasteiger partial charge in [0.05, 0.1) is 23.1 Å². The monoisotopic (exact) mass is 298 g/mol. The van der Waals surface area contributed by atoms with E-state index in [0.717, 1.165) is 23.5 Å². The summed E-state index contributed by atoms with van der Waals surface area (Å²) in [5.41, 5.74) is 5.69. The molecule has 0 aliphatic carbocycles. The molecule has 0 spiro atoms. The molecule has 1 atom stereocenters. The first-order valence-electron chi connectivity index (χ1n) is 7.94. The van der Waals surface area contributed by atoms with Gasteiger partial charge in [-0.3, -0.25) is 4.99 Å². The number of nitrogens with one attached hydrogen (secondary N) is 1. The highest BCUT2D eigenvalue weighted by atomic mass is 15.0. The van der Waals surface area contributed by atoms with E-state index in [9.17, 15) is 0 Å². The van der Waals surface area contributed by atoms with Gasteiger partial charge in [-0.1, -0.05) is 72.8 Å². The summed E-state index contributed by atoms with van der Waals surface area (Å²) in [5, 5.41) is 3.66. The molecule has 1 aliphatic heterocycles. The van der Waals surface area contributed by atoms with Crippen molar-refractivity contribution < 1.29 is 0 Å². The third kappa shape index (κ3) is 2.88. The molecule has 23 heavy (non-hydrogen) atoms. The standard InChI is InChI=1S/C21H18N2/c1-3-9-16(10-4-1)20-15-21(17-11-5-2-6-12-17)23-19-14-8-7-13-18(19)22-20/h1-14,20,22H,15H2/t20-/m0/s1. The van der Waals surface area contributed by atoms with Crippen molar-refractivity contribution in [1.82, 2.24) is 0 Å². The maximum atomic E-state index is 4.94. The molecule has 3 aromatic rings. The van der Waals surface area contributed by atoms with E-state index < -0.39 is 0 Å². The average Bonchev–Trinajstić information content (AvgIpc) is 2.83. The van der Waals surface area contributed by atoms with Crippen LogP contribution in [0.2, 0.25) is 0 Å². The van der Waals surface area contributed by atoms with Crippen LogP contribution in [0, 0.1) is 0 Å². The van der Waals surface area contributed by atoms with Crippen molar-refractivity contribution in [3.05, 3.63) is 96.1 Å². The molecule has 0 fully saturated rings. The summed E-state index contributed by atoms with van der Waals surface area (Å²) < 4.78 is 0. The van der Waals surface area contributed by atoms with Crippen molar-refractivity contribution in [2.45, 2.75) is 12.5 Å². The fourth-order valence-corrected chi connectivity index (χ4v) is 3.02. The van der Waals surface area contributed by atoms with Crippen molar-refractivity contribution in [3.8, 4) is 0 Å². The maximum Gasteiger partial charge on any atom is 0.0864 e. The van der Waals surface area contributed by atoms with Gasteiger partial charge in [0.1, 0.15) is 0 Å². The van der Waals surface area contributed by atoms with Gasteiger partial charge in [0.15, 0.2) is 0 Å². The molecule has 0 unspecified atom stereocenters. The second kappa shape index (κ2) is 6.09. The normalized spacial score (nSPS) is 16.7. The molecule has 2 heteroatoms. The van der Waals surface area contributed by atoms with Crippen molar-refractivity contribution in [3.63, 3.8) is 0 Å². The van der Waals surface area contributed by atoms with Gasteiger partial charge < -0.3 is 5.32 Å². The molecule has 1 N–H and O–H groups in total. The van der Waals surface area contributed by atoms with Crippen molar-refractivity contribution in [2.24, 2.45) is 4.99 Å².